The molecule has 0 fully saturated rings. The van der Waals surface area contributed by atoms with Gasteiger partial charge in [0.1, 0.15) is 5.75 Å². The number of primary amides is 1. The molecule has 152 valence electrons. The van der Waals surface area contributed by atoms with Crippen LogP contribution in [0.3, 0.4) is 0 Å². The molecule has 6 nitrogen and oxygen atoms in total. The molecule has 3 rings (SSSR count). The summed E-state index contributed by atoms with van der Waals surface area (Å²) in [6.45, 7) is 5.44. The van der Waals surface area contributed by atoms with E-state index >= 15 is 0 Å². The number of aryl methyl sites for hydroxylation is 1. The summed E-state index contributed by atoms with van der Waals surface area (Å²) < 4.78 is 5.56. The fourth-order valence-corrected chi connectivity index (χ4v) is 3.50. The number of benzene rings is 2. The van der Waals surface area contributed by atoms with Gasteiger partial charge in [-0.2, -0.15) is 0 Å². The lowest BCUT2D eigenvalue weighted by molar-refractivity contribution is 0.100. The molecule has 6 heteroatoms. The van der Waals surface area contributed by atoms with Gasteiger partial charge in [0.25, 0.3) is 5.91 Å². The molecule has 1 atom stereocenters. The van der Waals surface area contributed by atoms with Crippen LogP contribution < -0.4 is 21.1 Å². The minimum absolute atomic E-state index is 0.0313. The highest BCUT2D eigenvalue weighted by molar-refractivity contribution is 6.08. The SMILES string of the molecule is CCOc1ccc([C@@H](CNC)Nc2c(CC)cnc3c(C(N)=O)cccc23)cc1. The van der Waals surface area contributed by atoms with E-state index in [0.29, 0.717) is 17.7 Å². The number of anilines is 1. The largest absolute Gasteiger partial charge is 0.494 e. The van der Waals surface area contributed by atoms with Crippen LogP contribution in [0.4, 0.5) is 5.69 Å². The molecule has 0 radical (unpaired) electrons. The van der Waals surface area contributed by atoms with Gasteiger partial charge in [-0.1, -0.05) is 31.2 Å². The Labute approximate surface area is 171 Å². The third-order valence-corrected chi connectivity index (χ3v) is 4.94. The summed E-state index contributed by atoms with van der Waals surface area (Å²) >= 11 is 0. The third kappa shape index (κ3) is 4.49. The van der Waals surface area contributed by atoms with Crippen LogP contribution in [0.2, 0.25) is 0 Å². The minimum Gasteiger partial charge on any atom is -0.494 e. The van der Waals surface area contributed by atoms with E-state index in [-0.39, 0.29) is 6.04 Å². The monoisotopic (exact) mass is 392 g/mol. The van der Waals surface area contributed by atoms with Gasteiger partial charge in [0.05, 0.1) is 23.7 Å². The van der Waals surface area contributed by atoms with E-state index in [1.807, 2.05) is 44.4 Å². The smallest absolute Gasteiger partial charge is 0.250 e. The number of fused-ring (bicyclic) bond motifs is 1. The topological polar surface area (TPSA) is 89.3 Å². The van der Waals surface area contributed by atoms with Crippen molar-refractivity contribution < 1.29 is 9.53 Å². The number of rotatable bonds is 9. The number of amides is 1. The van der Waals surface area contributed by atoms with Crippen LogP contribution in [0.1, 0.15) is 41.4 Å². The van der Waals surface area contributed by atoms with Crippen molar-refractivity contribution in [2.24, 2.45) is 5.73 Å². The summed E-state index contributed by atoms with van der Waals surface area (Å²) in [7, 11) is 1.93. The highest BCUT2D eigenvalue weighted by Crippen LogP contribution is 2.32. The Morgan fingerprint density at radius 1 is 1.17 bits per heavy atom. The summed E-state index contributed by atoms with van der Waals surface area (Å²) in [5.41, 5.74) is 9.82. The molecule has 29 heavy (non-hydrogen) atoms. The first-order valence-electron chi connectivity index (χ1n) is 9.93. The van der Waals surface area contributed by atoms with E-state index in [4.69, 9.17) is 10.5 Å². The molecule has 0 unspecified atom stereocenters. The van der Waals surface area contributed by atoms with E-state index in [2.05, 4.69) is 34.7 Å². The summed E-state index contributed by atoms with van der Waals surface area (Å²) in [5, 5.41) is 7.83. The number of pyridine rings is 1. The number of carbonyl (C=O) groups excluding carboxylic acids is 1. The Morgan fingerprint density at radius 2 is 1.93 bits per heavy atom. The lowest BCUT2D eigenvalue weighted by Gasteiger charge is -2.23. The molecule has 0 aliphatic heterocycles. The Morgan fingerprint density at radius 3 is 2.55 bits per heavy atom. The number of nitrogens with two attached hydrogens (primary N) is 1. The average molecular weight is 393 g/mol. The van der Waals surface area contributed by atoms with Gasteiger partial charge in [0.2, 0.25) is 0 Å². The van der Waals surface area contributed by atoms with E-state index in [1.165, 1.54) is 0 Å². The van der Waals surface area contributed by atoms with Gasteiger partial charge in [-0.05, 0) is 49.7 Å². The molecular weight excluding hydrogens is 364 g/mol. The number of aromatic nitrogens is 1. The first kappa shape index (κ1) is 20.6. The normalized spacial score (nSPS) is 12.0. The number of likely N-dealkylation sites (N-methyl/N-ethyl adjacent to an activating group) is 1. The predicted molar refractivity (Wildman–Crippen MR) is 118 cm³/mol. The number of nitrogens with zero attached hydrogens (tertiary/aromatic N) is 1. The molecule has 0 aliphatic carbocycles. The number of nitrogens with one attached hydrogen (secondary N) is 2. The molecule has 0 bridgehead atoms. The summed E-state index contributed by atoms with van der Waals surface area (Å²) in [6.07, 6.45) is 2.65. The maximum Gasteiger partial charge on any atom is 0.250 e. The quantitative estimate of drug-likeness (QED) is 0.517. The van der Waals surface area contributed by atoms with Crippen LogP contribution in [0.5, 0.6) is 5.75 Å². The fraction of sp³-hybridized carbons (Fsp3) is 0.304. The van der Waals surface area contributed by atoms with Crippen molar-refractivity contribution in [2.45, 2.75) is 26.3 Å². The van der Waals surface area contributed by atoms with Crippen molar-refractivity contribution >= 4 is 22.5 Å². The standard InChI is InChI=1S/C23H28N4O2/c1-4-15-13-26-22-18(7-6-8-19(22)23(24)28)21(15)27-20(14-25-3)16-9-11-17(12-10-16)29-5-2/h6-13,20,25H,4-5,14H2,1-3H3,(H2,24,28)(H,26,27)/t20-/m1/s1. The van der Waals surface area contributed by atoms with Crippen LogP contribution >= 0.6 is 0 Å². The summed E-state index contributed by atoms with van der Waals surface area (Å²) in [6, 6.07) is 13.7. The van der Waals surface area contributed by atoms with Gasteiger partial charge < -0.3 is 21.1 Å². The van der Waals surface area contributed by atoms with E-state index in [1.54, 1.807) is 6.07 Å². The van der Waals surface area contributed by atoms with E-state index in [0.717, 1.165) is 40.9 Å². The molecule has 0 saturated heterocycles. The van der Waals surface area contributed by atoms with Crippen LogP contribution in [-0.2, 0) is 6.42 Å². The Bertz CT molecular complexity index is 986. The molecular formula is C23H28N4O2. The number of ether oxygens (including phenoxy) is 1. The maximum atomic E-state index is 11.9. The van der Waals surface area contributed by atoms with Gasteiger partial charge in [0.15, 0.2) is 0 Å². The second-order valence-electron chi connectivity index (χ2n) is 6.83. The van der Waals surface area contributed by atoms with Gasteiger partial charge in [0, 0.05) is 23.8 Å². The number of hydrogen-bond acceptors (Lipinski definition) is 5. The molecule has 1 amide bonds. The number of para-hydroxylation sites is 1. The summed E-state index contributed by atoms with van der Waals surface area (Å²) in [4.78, 5) is 16.4. The van der Waals surface area contributed by atoms with Crippen molar-refractivity contribution in [3.8, 4) is 5.75 Å². The fourth-order valence-electron chi connectivity index (χ4n) is 3.50. The van der Waals surface area contributed by atoms with Crippen LogP contribution in [0, 0.1) is 0 Å². The van der Waals surface area contributed by atoms with Crippen LogP contribution in [0.15, 0.2) is 48.7 Å². The highest BCUT2D eigenvalue weighted by atomic mass is 16.5. The highest BCUT2D eigenvalue weighted by Gasteiger charge is 2.17. The predicted octanol–water partition coefficient (Wildman–Crippen LogP) is 3.67. The number of carbonyl (C=O) groups is 1. The molecule has 0 aliphatic rings. The van der Waals surface area contributed by atoms with Gasteiger partial charge in [-0.15, -0.1) is 0 Å². The zero-order chi connectivity index (χ0) is 20.8. The lowest BCUT2D eigenvalue weighted by Crippen LogP contribution is -2.24. The van der Waals surface area contributed by atoms with Gasteiger partial charge in [-0.25, -0.2) is 0 Å². The van der Waals surface area contributed by atoms with E-state index in [9.17, 15) is 4.79 Å². The molecule has 3 aromatic rings. The minimum atomic E-state index is -0.475. The first-order valence-corrected chi connectivity index (χ1v) is 9.93. The van der Waals surface area contributed by atoms with Gasteiger partial charge >= 0.3 is 0 Å². The second kappa shape index (κ2) is 9.39. The Hall–Kier alpha value is -3.12. The van der Waals surface area contributed by atoms with Crippen molar-refractivity contribution in [1.82, 2.24) is 10.3 Å². The van der Waals surface area contributed by atoms with Crippen LogP contribution in [0.25, 0.3) is 10.9 Å². The van der Waals surface area contributed by atoms with Crippen molar-refractivity contribution in [3.05, 3.63) is 65.4 Å². The maximum absolute atomic E-state index is 11.9. The van der Waals surface area contributed by atoms with E-state index < -0.39 is 5.91 Å². The molecule has 0 saturated carbocycles. The number of hydrogen-bond donors (Lipinski definition) is 3. The van der Waals surface area contributed by atoms with Crippen LogP contribution in [-0.4, -0.2) is 31.1 Å². The second-order valence-corrected chi connectivity index (χ2v) is 6.83. The lowest BCUT2D eigenvalue weighted by atomic mass is 10.0. The Balaban J connectivity index is 2.05. The van der Waals surface area contributed by atoms with Gasteiger partial charge in [-0.3, -0.25) is 9.78 Å². The molecule has 2 aromatic carbocycles. The zero-order valence-corrected chi connectivity index (χ0v) is 17.2. The Kier molecular flexibility index (Phi) is 6.67. The third-order valence-electron chi connectivity index (χ3n) is 4.94. The zero-order valence-electron chi connectivity index (χ0n) is 17.2. The molecule has 1 aromatic heterocycles. The molecule has 4 N–H and O–H groups in total. The van der Waals surface area contributed by atoms with Crippen molar-refractivity contribution in [3.63, 3.8) is 0 Å². The molecule has 1 heterocycles. The van der Waals surface area contributed by atoms with Crippen molar-refractivity contribution in [1.29, 1.82) is 0 Å². The van der Waals surface area contributed by atoms with Crippen molar-refractivity contribution in [2.75, 3.05) is 25.5 Å². The summed E-state index contributed by atoms with van der Waals surface area (Å²) in [5.74, 6) is 0.380. The molecule has 0 spiro atoms. The average Bonchev–Trinajstić information content (AvgIpc) is 2.73. The first-order chi connectivity index (χ1) is 14.1.